The summed E-state index contributed by atoms with van der Waals surface area (Å²) in [4.78, 5) is 41.3. The van der Waals surface area contributed by atoms with Gasteiger partial charge in [-0.25, -0.2) is 14.4 Å². The van der Waals surface area contributed by atoms with Gasteiger partial charge in [0.25, 0.3) is 0 Å². The van der Waals surface area contributed by atoms with Crippen LogP contribution in [-0.2, 0) is 11.2 Å². The number of nitrogens with zero attached hydrogens (tertiary/aromatic N) is 3. The molecule has 0 spiro atoms. The van der Waals surface area contributed by atoms with Gasteiger partial charge in [-0.3, -0.25) is 0 Å². The number of likely N-dealkylation sites (N-methyl/N-ethyl adjacent to an activating group) is 2. The summed E-state index contributed by atoms with van der Waals surface area (Å²) in [6.45, 7) is 6.13. The van der Waals surface area contributed by atoms with Gasteiger partial charge in [0, 0.05) is 46.7 Å². The van der Waals surface area contributed by atoms with Crippen LogP contribution in [0.15, 0.2) is 30.3 Å². The number of hydrogen-bond acceptors (Lipinski definition) is 3. The summed E-state index contributed by atoms with van der Waals surface area (Å²) in [7, 11) is 3.30. The fourth-order valence-electron chi connectivity index (χ4n) is 2.89. The molecule has 0 aliphatic heterocycles. The number of nitrogens with one attached hydrogen (secondary N) is 1. The molecule has 1 atom stereocenters. The largest absolute Gasteiger partial charge is 0.480 e. The number of carbonyl (C=O) groups excluding carboxylic acids is 2. The molecule has 1 aromatic rings. The van der Waals surface area contributed by atoms with Crippen LogP contribution in [0, 0.1) is 0 Å². The van der Waals surface area contributed by atoms with E-state index in [9.17, 15) is 19.5 Å². The second-order valence-corrected chi connectivity index (χ2v) is 7.14. The minimum absolute atomic E-state index is 0.0602. The lowest BCUT2D eigenvalue weighted by atomic mass is 10.1. The van der Waals surface area contributed by atoms with Gasteiger partial charge in [-0.05, 0) is 18.4 Å². The molecule has 0 aliphatic rings. The van der Waals surface area contributed by atoms with Crippen molar-refractivity contribution in [3.05, 3.63) is 35.9 Å². The van der Waals surface area contributed by atoms with E-state index in [4.69, 9.17) is 0 Å². The zero-order valence-electron chi connectivity index (χ0n) is 17.9. The zero-order chi connectivity index (χ0) is 21.8. The maximum absolute atomic E-state index is 12.5. The number of rotatable bonds is 11. The molecule has 0 aliphatic carbocycles. The molecule has 1 aromatic carbocycles. The van der Waals surface area contributed by atoms with Gasteiger partial charge in [0.2, 0.25) is 0 Å². The molecule has 0 aromatic heterocycles. The summed E-state index contributed by atoms with van der Waals surface area (Å²) >= 11 is 0. The van der Waals surface area contributed by atoms with E-state index >= 15 is 0 Å². The Kier molecular flexibility index (Phi) is 10.6. The monoisotopic (exact) mass is 406 g/mol. The molecule has 29 heavy (non-hydrogen) atoms. The second-order valence-electron chi connectivity index (χ2n) is 7.14. The van der Waals surface area contributed by atoms with E-state index in [2.05, 4.69) is 5.32 Å². The Morgan fingerprint density at radius 2 is 1.48 bits per heavy atom. The van der Waals surface area contributed by atoms with Crippen molar-refractivity contribution in [1.82, 2.24) is 20.0 Å². The third-order valence-corrected chi connectivity index (χ3v) is 4.58. The lowest BCUT2D eigenvalue weighted by Gasteiger charge is -2.29. The molecule has 1 rings (SSSR count). The smallest absolute Gasteiger partial charge is 0.326 e. The summed E-state index contributed by atoms with van der Waals surface area (Å²) in [6, 6.07) is 7.60. The zero-order valence-corrected chi connectivity index (χ0v) is 17.9. The van der Waals surface area contributed by atoms with E-state index < -0.39 is 18.0 Å². The van der Waals surface area contributed by atoms with Crippen molar-refractivity contribution in [2.24, 2.45) is 0 Å². The van der Waals surface area contributed by atoms with Gasteiger partial charge < -0.3 is 25.1 Å². The summed E-state index contributed by atoms with van der Waals surface area (Å²) < 4.78 is 0. The lowest BCUT2D eigenvalue weighted by Crippen LogP contribution is -2.50. The third kappa shape index (κ3) is 8.41. The number of benzene rings is 1. The average molecular weight is 407 g/mol. The average Bonchev–Trinajstić information content (AvgIpc) is 2.71. The Balaban J connectivity index is 2.57. The van der Waals surface area contributed by atoms with E-state index in [1.165, 1.54) is 4.90 Å². The topological polar surface area (TPSA) is 93.2 Å². The second kappa shape index (κ2) is 12.6. The first-order chi connectivity index (χ1) is 13.8. The minimum atomic E-state index is -1.09. The van der Waals surface area contributed by atoms with Crippen LogP contribution in [0.4, 0.5) is 9.59 Å². The molecule has 0 saturated carbocycles. The normalized spacial score (nSPS) is 11.4. The van der Waals surface area contributed by atoms with Crippen LogP contribution in [0.1, 0.15) is 32.3 Å². The Bertz CT molecular complexity index is 647. The summed E-state index contributed by atoms with van der Waals surface area (Å²) in [6.07, 6.45) is 1.98. The molecule has 0 fully saturated rings. The first-order valence-electron chi connectivity index (χ1n) is 10.1. The fourth-order valence-corrected chi connectivity index (χ4v) is 2.89. The van der Waals surface area contributed by atoms with Crippen LogP contribution in [0.25, 0.3) is 0 Å². The summed E-state index contributed by atoms with van der Waals surface area (Å²) in [5, 5.41) is 12.0. The Labute approximate surface area is 173 Å². The number of carbonyl (C=O) groups is 3. The Hall–Kier alpha value is -2.77. The maximum Gasteiger partial charge on any atom is 0.326 e. The highest BCUT2D eigenvalue weighted by Crippen LogP contribution is 2.05. The summed E-state index contributed by atoms with van der Waals surface area (Å²) in [5.74, 6) is -1.09. The van der Waals surface area contributed by atoms with Crippen LogP contribution in [0.5, 0.6) is 0 Å². The predicted molar refractivity (Wildman–Crippen MR) is 113 cm³/mol. The van der Waals surface area contributed by atoms with Crippen LogP contribution in [-0.4, -0.2) is 84.2 Å². The Morgan fingerprint density at radius 1 is 0.931 bits per heavy atom. The first-order valence-corrected chi connectivity index (χ1v) is 10.1. The molecule has 8 heteroatoms. The standard InChI is InChI=1S/C21H34N4O4/c1-5-12-25(13-6-2)21(29)24(4)15-14-23(3)20(28)22-18(19(26)27)16-17-10-8-7-9-11-17/h7-11,18H,5-6,12-16H2,1-4H3,(H,22,28)(H,26,27)/t18-/m0/s1. The minimum Gasteiger partial charge on any atom is -0.480 e. The molecule has 2 N–H and O–H groups in total. The lowest BCUT2D eigenvalue weighted by molar-refractivity contribution is -0.139. The van der Waals surface area contributed by atoms with Gasteiger partial charge in [-0.2, -0.15) is 0 Å². The first kappa shape index (κ1) is 24.3. The number of amides is 4. The van der Waals surface area contributed by atoms with Crippen LogP contribution >= 0.6 is 0 Å². The van der Waals surface area contributed by atoms with Gasteiger partial charge in [0.15, 0.2) is 0 Å². The van der Waals surface area contributed by atoms with Crippen molar-refractivity contribution >= 4 is 18.0 Å². The van der Waals surface area contributed by atoms with E-state index in [1.807, 2.05) is 44.2 Å². The quantitative estimate of drug-likeness (QED) is 0.590. The van der Waals surface area contributed by atoms with Gasteiger partial charge in [0.05, 0.1) is 0 Å². The molecular weight excluding hydrogens is 372 g/mol. The molecule has 0 bridgehead atoms. The predicted octanol–water partition coefficient (Wildman–Crippen LogP) is 2.50. The molecular formula is C21H34N4O4. The van der Waals surface area contributed by atoms with Crippen LogP contribution < -0.4 is 5.32 Å². The van der Waals surface area contributed by atoms with Crippen molar-refractivity contribution in [2.45, 2.75) is 39.2 Å². The van der Waals surface area contributed by atoms with E-state index in [-0.39, 0.29) is 12.5 Å². The molecule has 0 heterocycles. The molecule has 162 valence electrons. The van der Waals surface area contributed by atoms with E-state index in [0.29, 0.717) is 26.2 Å². The highest BCUT2D eigenvalue weighted by molar-refractivity contribution is 5.82. The van der Waals surface area contributed by atoms with E-state index in [0.717, 1.165) is 18.4 Å². The van der Waals surface area contributed by atoms with Crippen molar-refractivity contribution in [1.29, 1.82) is 0 Å². The van der Waals surface area contributed by atoms with Crippen LogP contribution in [0.2, 0.25) is 0 Å². The van der Waals surface area contributed by atoms with E-state index in [1.54, 1.807) is 23.9 Å². The third-order valence-electron chi connectivity index (χ3n) is 4.58. The number of hydrogen-bond donors (Lipinski definition) is 2. The van der Waals surface area contributed by atoms with Gasteiger partial charge in [-0.15, -0.1) is 0 Å². The maximum atomic E-state index is 12.5. The molecule has 0 unspecified atom stereocenters. The number of carboxylic acids is 1. The van der Waals surface area contributed by atoms with Crippen LogP contribution in [0.3, 0.4) is 0 Å². The molecule has 0 saturated heterocycles. The number of aliphatic carboxylic acids is 1. The van der Waals surface area contributed by atoms with Crippen molar-refractivity contribution in [2.75, 3.05) is 40.3 Å². The van der Waals surface area contributed by atoms with Crippen molar-refractivity contribution in [3.63, 3.8) is 0 Å². The molecule has 4 amide bonds. The summed E-state index contributed by atoms with van der Waals surface area (Å²) in [5.41, 5.74) is 0.833. The highest BCUT2D eigenvalue weighted by atomic mass is 16.4. The fraction of sp³-hybridized carbons (Fsp3) is 0.571. The number of carboxylic acid groups (broad SMARTS) is 1. The van der Waals surface area contributed by atoms with Crippen molar-refractivity contribution < 1.29 is 19.5 Å². The molecule has 0 radical (unpaired) electrons. The SMILES string of the molecule is CCCN(CCC)C(=O)N(C)CCN(C)C(=O)N[C@@H](Cc1ccccc1)C(=O)O. The molecule has 8 nitrogen and oxygen atoms in total. The highest BCUT2D eigenvalue weighted by Gasteiger charge is 2.23. The van der Waals surface area contributed by atoms with Gasteiger partial charge >= 0.3 is 18.0 Å². The van der Waals surface area contributed by atoms with Crippen molar-refractivity contribution in [3.8, 4) is 0 Å². The van der Waals surface area contributed by atoms with Gasteiger partial charge in [0.1, 0.15) is 6.04 Å². The number of urea groups is 2. The van der Waals surface area contributed by atoms with Gasteiger partial charge in [-0.1, -0.05) is 44.2 Å². The Morgan fingerprint density at radius 3 is 2.00 bits per heavy atom.